The van der Waals surface area contributed by atoms with E-state index in [0.717, 1.165) is 43.2 Å². The van der Waals surface area contributed by atoms with Crippen molar-refractivity contribution in [3.8, 4) is 0 Å². The molecule has 1 aliphatic heterocycles. The molecule has 0 radical (unpaired) electrons. The van der Waals surface area contributed by atoms with Crippen LogP contribution in [0.4, 0.5) is 5.82 Å². The fraction of sp³-hybridized carbons (Fsp3) is 0.733. The summed E-state index contributed by atoms with van der Waals surface area (Å²) >= 11 is 6.15. The van der Waals surface area contributed by atoms with Gasteiger partial charge < -0.3 is 10.2 Å². The molecule has 0 unspecified atom stereocenters. The predicted molar refractivity (Wildman–Crippen MR) is 84.4 cm³/mol. The third-order valence-electron chi connectivity index (χ3n) is 3.99. The first-order valence-corrected chi connectivity index (χ1v) is 8.04. The second-order valence-corrected chi connectivity index (χ2v) is 6.05. The summed E-state index contributed by atoms with van der Waals surface area (Å²) in [5.41, 5.74) is 1.05. The molecule has 0 aromatic carbocycles. The molecule has 1 N–H and O–H groups in total. The van der Waals surface area contributed by atoms with E-state index < -0.39 is 0 Å². The zero-order chi connectivity index (χ0) is 14.4. The fourth-order valence-corrected chi connectivity index (χ4v) is 2.86. The largest absolute Gasteiger partial charge is 0.368 e. The monoisotopic (exact) mass is 296 g/mol. The first-order chi connectivity index (χ1) is 9.70. The minimum absolute atomic E-state index is 0.580. The van der Waals surface area contributed by atoms with Crippen LogP contribution < -0.4 is 5.32 Å². The SMILES string of the molecule is CCCc1c(Cl)ncnc1NCCN1CCC(C)CC1. The Morgan fingerprint density at radius 2 is 2.10 bits per heavy atom. The number of nitrogens with zero attached hydrogens (tertiary/aromatic N) is 3. The van der Waals surface area contributed by atoms with Gasteiger partial charge in [-0.2, -0.15) is 0 Å². The van der Waals surface area contributed by atoms with Crippen molar-refractivity contribution in [3.05, 3.63) is 17.0 Å². The molecule has 4 nitrogen and oxygen atoms in total. The van der Waals surface area contributed by atoms with Crippen molar-refractivity contribution in [2.24, 2.45) is 5.92 Å². The molecular weight excluding hydrogens is 272 g/mol. The van der Waals surface area contributed by atoms with Gasteiger partial charge in [0.15, 0.2) is 0 Å². The molecule has 1 saturated heterocycles. The summed E-state index contributed by atoms with van der Waals surface area (Å²) in [4.78, 5) is 10.9. The van der Waals surface area contributed by atoms with E-state index in [4.69, 9.17) is 11.6 Å². The summed E-state index contributed by atoms with van der Waals surface area (Å²) in [6.45, 7) is 8.90. The smallest absolute Gasteiger partial charge is 0.137 e. The third-order valence-corrected chi connectivity index (χ3v) is 4.32. The van der Waals surface area contributed by atoms with Gasteiger partial charge in [-0.25, -0.2) is 9.97 Å². The van der Waals surface area contributed by atoms with Crippen molar-refractivity contribution >= 4 is 17.4 Å². The molecular formula is C15H25ClN4. The van der Waals surface area contributed by atoms with Crippen LogP contribution in [0.5, 0.6) is 0 Å². The first-order valence-electron chi connectivity index (χ1n) is 7.66. The molecule has 0 spiro atoms. The summed E-state index contributed by atoms with van der Waals surface area (Å²) in [6.07, 6.45) is 6.14. The summed E-state index contributed by atoms with van der Waals surface area (Å²) in [5.74, 6) is 1.79. The summed E-state index contributed by atoms with van der Waals surface area (Å²) in [6, 6.07) is 0. The van der Waals surface area contributed by atoms with Crippen LogP contribution in [0, 0.1) is 5.92 Å². The molecule has 1 aromatic heterocycles. The Balaban J connectivity index is 1.83. The molecule has 0 saturated carbocycles. The van der Waals surface area contributed by atoms with Gasteiger partial charge in [-0.1, -0.05) is 31.9 Å². The lowest BCUT2D eigenvalue weighted by atomic mass is 9.99. The Kier molecular flexibility index (Phi) is 6.05. The number of nitrogens with one attached hydrogen (secondary N) is 1. The molecule has 112 valence electrons. The van der Waals surface area contributed by atoms with Crippen molar-refractivity contribution in [1.29, 1.82) is 0 Å². The highest BCUT2D eigenvalue weighted by Crippen LogP contribution is 2.21. The Bertz CT molecular complexity index is 416. The molecule has 1 fully saturated rings. The number of hydrogen-bond acceptors (Lipinski definition) is 4. The zero-order valence-electron chi connectivity index (χ0n) is 12.5. The number of anilines is 1. The van der Waals surface area contributed by atoms with E-state index in [9.17, 15) is 0 Å². The number of halogens is 1. The van der Waals surface area contributed by atoms with Crippen LogP contribution in [0.2, 0.25) is 5.15 Å². The highest BCUT2D eigenvalue weighted by Gasteiger charge is 2.15. The number of likely N-dealkylation sites (tertiary alicyclic amines) is 1. The molecule has 0 bridgehead atoms. The van der Waals surface area contributed by atoms with Crippen LogP contribution in [0.25, 0.3) is 0 Å². The van der Waals surface area contributed by atoms with Crippen molar-refractivity contribution in [3.63, 3.8) is 0 Å². The molecule has 0 aliphatic carbocycles. The second kappa shape index (κ2) is 7.79. The lowest BCUT2D eigenvalue weighted by molar-refractivity contribution is 0.199. The average molecular weight is 297 g/mol. The zero-order valence-corrected chi connectivity index (χ0v) is 13.3. The number of rotatable bonds is 6. The number of hydrogen-bond donors (Lipinski definition) is 1. The van der Waals surface area contributed by atoms with Crippen molar-refractivity contribution in [2.75, 3.05) is 31.5 Å². The van der Waals surface area contributed by atoms with Crippen molar-refractivity contribution < 1.29 is 0 Å². The predicted octanol–water partition coefficient (Wildman–Crippen LogP) is 3.23. The molecule has 20 heavy (non-hydrogen) atoms. The maximum atomic E-state index is 6.15. The van der Waals surface area contributed by atoms with Crippen molar-refractivity contribution in [2.45, 2.75) is 39.5 Å². The minimum atomic E-state index is 0.580. The lowest BCUT2D eigenvalue weighted by Gasteiger charge is -2.30. The molecule has 0 atom stereocenters. The van der Waals surface area contributed by atoms with E-state index >= 15 is 0 Å². The van der Waals surface area contributed by atoms with Gasteiger partial charge in [0.05, 0.1) is 0 Å². The van der Waals surface area contributed by atoms with Crippen LogP contribution in [-0.2, 0) is 6.42 Å². The van der Waals surface area contributed by atoms with Gasteiger partial charge in [0.2, 0.25) is 0 Å². The Morgan fingerprint density at radius 3 is 2.80 bits per heavy atom. The standard InChI is InChI=1S/C15H25ClN4/c1-3-4-13-14(16)18-11-19-15(13)17-7-10-20-8-5-12(2)6-9-20/h11-12H,3-10H2,1-2H3,(H,17,18,19). The van der Waals surface area contributed by atoms with Crippen molar-refractivity contribution in [1.82, 2.24) is 14.9 Å². The van der Waals surface area contributed by atoms with Gasteiger partial charge in [-0.3, -0.25) is 0 Å². The highest BCUT2D eigenvalue weighted by molar-refractivity contribution is 6.30. The van der Waals surface area contributed by atoms with Gasteiger partial charge in [0, 0.05) is 18.7 Å². The summed E-state index contributed by atoms with van der Waals surface area (Å²) in [7, 11) is 0. The van der Waals surface area contributed by atoms with Crippen LogP contribution in [0.15, 0.2) is 6.33 Å². The maximum absolute atomic E-state index is 6.15. The Hall–Kier alpha value is -0.870. The van der Waals surface area contributed by atoms with E-state index in [2.05, 4.69) is 34.0 Å². The van der Waals surface area contributed by atoms with Gasteiger partial charge in [0.25, 0.3) is 0 Å². The van der Waals surface area contributed by atoms with Gasteiger partial charge in [-0.05, 0) is 38.3 Å². The van der Waals surface area contributed by atoms with Gasteiger partial charge >= 0.3 is 0 Å². The third kappa shape index (κ3) is 4.32. The normalized spacial score (nSPS) is 17.4. The van der Waals surface area contributed by atoms with Crippen LogP contribution in [0.1, 0.15) is 38.7 Å². The van der Waals surface area contributed by atoms with E-state index in [1.807, 2.05) is 0 Å². The van der Waals surface area contributed by atoms with E-state index in [1.54, 1.807) is 0 Å². The maximum Gasteiger partial charge on any atom is 0.137 e. The highest BCUT2D eigenvalue weighted by atomic mass is 35.5. The average Bonchev–Trinajstić information content (AvgIpc) is 2.45. The Morgan fingerprint density at radius 1 is 1.35 bits per heavy atom. The molecule has 2 rings (SSSR count). The van der Waals surface area contributed by atoms with E-state index in [1.165, 1.54) is 32.3 Å². The number of aromatic nitrogens is 2. The lowest BCUT2D eigenvalue weighted by Crippen LogP contribution is -2.36. The topological polar surface area (TPSA) is 41.1 Å². The van der Waals surface area contributed by atoms with E-state index in [0.29, 0.717) is 5.15 Å². The van der Waals surface area contributed by atoms with Gasteiger partial charge in [0.1, 0.15) is 17.3 Å². The molecule has 0 amide bonds. The van der Waals surface area contributed by atoms with Crippen LogP contribution >= 0.6 is 11.6 Å². The van der Waals surface area contributed by atoms with E-state index in [-0.39, 0.29) is 0 Å². The van der Waals surface area contributed by atoms with Crippen LogP contribution in [-0.4, -0.2) is 41.0 Å². The number of piperidine rings is 1. The summed E-state index contributed by atoms with van der Waals surface area (Å²) in [5, 5.41) is 4.00. The molecule has 5 heteroatoms. The molecule has 1 aromatic rings. The summed E-state index contributed by atoms with van der Waals surface area (Å²) < 4.78 is 0. The fourth-order valence-electron chi connectivity index (χ4n) is 2.63. The Labute approximate surface area is 126 Å². The first kappa shape index (κ1) is 15.5. The molecule has 2 heterocycles. The molecule has 1 aliphatic rings. The second-order valence-electron chi connectivity index (χ2n) is 5.69. The minimum Gasteiger partial charge on any atom is -0.368 e. The van der Waals surface area contributed by atoms with Crippen LogP contribution in [0.3, 0.4) is 0 Å². The van der Waals surface area contributed by atoms with Gasteiger partial charge in [-0.15, -0.1) is 0 Å². The quantitative estimate of drug-likeness (QED) is 0.818.